The highest BCUT2D eigenvalue weighted by atomic mass is 127. The SMILES string of the molecule is Cc1cccc(-c2cc(C(F)(F)F)ccc2I)c1. The Morgan fingerprint density at radius 2 is 1.72 bits per heavy atom. The fraction of sp³-hybridized carbons (Fsp3) is 0.143. The van der Waals surface area contributed by atoms with Crippen molar-refractivity contribution in [3.8, 4) is 11.1 Å². The molecule has 0 spiro atoms. The summed E-state index contributed by atoms with van der Waals surface area (Å²) in [5.74, 6) is 0. The van der Waals surface area contributed by atoms with Crippen LogP contribution in [-0.2, 0) is 6.18 Å². The molecule has 0 saturated heterocycles. The summed E-state index contributed by atoms with van der Waals surface area (Å²) in [7, 11) is 0. The van der Waals surface area contributed by atoms with Crippen LogP contribution in [0.5, 0.6) is 0 Å². The third-order valence-electron chi connectivity index (χ3n) is 2.62. The zero-order valence-corrected chi connectivity index (χ0v) is 11.7. The lowest BCUT2D eigenvalue weighted by atomic mass is 10.0. The highest BCUT2D eigenvalue weighted by Gasteiger charge is 2.30. The highest BCUT2D eigenvalue weighted by molar-refractivity contribution is 14.1. The topological polar surface area (TPSA) is 0 Å². The first-order valence-corrected chi connectivity index (χ1v) is 6.39. The van der Waals surface area contributed by atoms with Gasteiger partial charge in [0.25, 0.3) is 0 Å². The van der Waals surface area contributed by atoms with Crippen molar-refractivity contribution in [2.45, 2.75) is 13.1 Å². The second kappa shape index (κ2) is 4.91. The lowest BCUT2D eigenvalue weighted by Gasteiger charge is -2.11. The molecule has 0 aliphatic heterocycles. The van der Waals surface area contributed by atoms with E-state index >= 15 is 0 Å². The van der Waals surface area contributed by atoms with Gasteiger partial charge in [0, 0.05) is 3.57 Å². The van der Waals surface area contributed by atoms with E-state index in [2.05, 4.69) is 22.6 Å². The lowest BCUT2D eigenvalue weighted by Crippen LogP contribution is -2.05. The molecular formula is C14H10F3I. The molecule has 2 aromatic rings. The number of rotatable bonds is 1. The van der Waals surface area contributed by atoms with Gasteiger partial charge in [-0.05, 0) is 58.8 Å². The maximum atomic E-state index is 12.7. The van der Waals surface area contributed by atoms with E-state index < -0.39 is 11.7 Å². The van der Waals surface area contributed by atoms with Crippen molar-refractivity contribution in [1.82, 2.24) is 0 Å². The maximum Gasteiger partial charge on any atom is 0.416 e. The largest absolute Gasteiger partial charge is 0.416 e. The normalized spacial score (nSPS) is 11.6. The summed E-state index contributed by atoms with van der Waals surface area (Å²) >= 11 is 2.05. The van der Waals surface area contributed by atoms with Gasteiger partial charge in [0.2, 0.25) is 0 Å². The van der Waals surface area contributed by atoms with Crippen LogP contribution in [0.15, 0.2) is 42.5 Å². The van der Waals surface area contributed by atoms with Gasteiger partial charge < -0.3 is 0 Å². The monoisotopic (exact) mass is 362 g/mol. The van der Waals surface area contributed by atoms with Crippen LogP contribution in [0.25, 0.3) is 11.1 Å². The average molecular weight is 362 g/mol. The maximum absolute atomic E-state index is 12.7. The van der Waals surface area contributed by atoms with Gasteiger partial charge in [0.1, 0.15) is 0 Å². The van der Waals surface area contributed by atoms with Crippen molar-refractivity contribution in [1.29, 1.82) is 0 Å². The molecular weight excluding hydrogens is 352 g/mol. The molecule has 2 rings (SSSR count). The fourth-order valence-electron chi connectivity index (χ4n) is 1.74. The predicted octanol–water partition coefficient (Wildman–Crippen LogP) is 5.29. The summed E-state index contributed by atoms with van der Waals surface area (Å²) in [6.07, 6.45) is -4.30. The van der Waals surface area contributed by atoms with E-state index in [1.165, 1.54) is 12.1 Å². The number of benzene rings is 2. The van der Waals surface area contributed by atoms with Crippen molar-refractivity contribution in [2.75, 3.05) is 0 Å². The molecule has 2 aromatic carbocycles. The van der Waals surface area contributed by atoms with E-state index in [-0.39, 0.29) is 0 Å². The minimum atomic E-state index is -4.30. The fourth-order valence-corrected chi connectivity index (χ4v) is 2.38. The number of aryl methyl sites for hydroxylation is 1. The Bertz CT molecular complexity index is 573. The summed E-state index contributed by atoms with van der Waals surface area (Å²) in [4.78, 5) is 0. The molecule has 0 nitrogen and oxygen atoms in total. The van der Waals surface area contributed by atoms with Crippen LogP contribution < -0.4 is 0 Å². The Hall–Kier alpha value is -1.04. The third-order valence-corrected chi connectivity index (χ3v) is 3.56. The van der Waals surface area contributed by atoms with Crippen molar-refractivity contribution < 1.29 is 13.2 Å². The molecule has 0 bridgehead atoms. The van der Waals surface area contributed by atoms with Gasteiger partial charge in [-0.1, -0.05) is 29.8 Å². The number of halogens is 4. The zero-order chi connectivity index (χ0) is 13.3. The summed E-state index contributed by atoms with van der Waals surface area (Å²) in [6.45, 7) is 1.92. The first-order chi connectivity index (χ1) is 8.38. The van der Waals surface area contributed by atoms with Gasteiger partial charge in [-0.3, -0.25) is 0 Å². The van der Waals surface area contributed by atoms with E-state index in [9.17, 15) is 13.2 Å². The molecule has 0 aromatic heterocycles. The van der Waals surface area contributed by atoms with Crippen LogP contribution in [0, 0.1) is 10.5 Å². The van der Waals surface area contributed by atoms with Gasteiger partial charge >= 0.3 is 6.18 Å². The number of alkyl halides is 3. The molecule has 0 fully saturated rings. The predicted molar refractivity (Wildman–Crippen MR) is 74.3 cm³/mol. The molecule has 0 atom stereocenters. The van der Waals surface area contributed by atoms with Crippen LogP contribution in [0.3, 0.4) is 0 Å². The molecule has 4 heteroatoms. The second-order valence-corrected chi connectivity index (χ2v) is 5.22. The Balaban J connectivity index is 2.57. The first-order valence-electron chi connectivity index (χ1n) is 5.32. The van der Waals surface area contributed by atoms with Gasteiger partial charge in [0.15, 0.2) is 0 Å². The molecule has 0 aliphatic carbocycles. The van der Waals surface area contributed by atoms with Gasteiger partial charge in [-0.25, -0.2) is 0 Å². The van der Waals surface area contributed by atoms with Gasteiger partial charge in [-0.15, -0.1) is 0 Å². The molecule has 0 amide bonds. The van der Waals surface area contributed by atoms with Crippen LogP contribution in [-0.4, -0.2) is 0 Å². The van der Waals surface area contributed by atoms with Crippen molar-refractivity contribution in [3.05, 3.63) is 57.2 Å². The van der Waals surface area contributed by atoms with E-state index in [4.69, 9.17) is 0 Å². The Kier molecular flexibility index (Phi) is 3.66. The molecule has 18 heavy (non-hydrogen) atoms. The van der Waals surface area contributed by atoms with E-state index in [1.807, 2.05) is 31.2 Å². The number of hydrogen-bond donors (Lipinski definition) is 0. The Morgan fingerprint density at radius 3 is 2.33 bits per heavy atom. The summed E-state index contributed by atoms with van der Waals surface area (Å²) in [5, 5.41) is 0. The zero-order valence-electron chi connectivity index (χ0n) is 9.55. The molecule has 0 heterocycles. The molecule has 0 unspecified atom stereocenters. The Labute approximate surface area is 117 Å². The van der Waals surface area contributed by atoms with Gasteiger partial charge in [-0.2, -0.15) is 13.2 Å². The quantitative estimate of drug-likeness (QED) is 0.605. The van der Waals surface area contributed by atoms with Crippen LogP contribution in [0.1, 0.15) is 11.1 Å². The molecule has 94 valence electrons. The molecule has 0 aliphatic rings. The van der Waals surface area contributed by atoms with E-state index in [1.54, 1.807) is 0 Å². The molecule has 0 saturated carbocycles. The minimum absolute atomic E-state index is 0.612. The van der Waals surface area contributed by atoms with Crippen LogP contribution in [0.2, 0.25) is 0 Å². The Morgan fingerprint density at radius 1 is 1.00 bits per heavy atom. The second-order valence-electron chi connectivity index (χ2n) is 4.06. The summed E-state index contributed by atoms with van der Waals surface area (Å²) < 4.78 is 38.9. The minimum Gasteiger partial charge on any atom is -0.166 e. The van der Waals surface area contributed by atoms with Gasteiger partial charge in [0.05, 0.1) is 5.56 Å². The average Bonchev–Trinajstić information content (AvgIpc) is 2.28. The van der Waals surface area contributed by atoms with Crippen molar-refractivity contribution in [3.63, 3.8) is 0 Å². The van der Waals surface area contributed by atoms with E-state index in [0.29, 0.717) is 5.56 Å². The van der Waals surface area contributed by atoms with Crippen LogP contribution in [0.4, 0.5) is 13.2 Å². The smallest absolute Gasteiger partial charge is 0.166 e. The standard InChI is InChI=1S/C14H10F3I/c1-9-3-2-4-10(7-9)12-8-11(14(15,16)17)5-6-13(12)18/h2-8H,1H3. The molecule has 0 radical (unpaired) electrons. The van der Waals surface area contributed by atoms with Crippen molar-refractivity contribution >= 4 is 22.6 Å². The first kappa shape index (κ1) is 13.4. The number of hydrogen-bond acceptors (Lipinski definition) is 0. The van der Waals surface area contributed by atoms with E-state index in [0.717, 1.165) is 20.8 Å². The van der Waals surface area contributed by atoms with Crippen LogP contribution >= 0.6 is 22.6 Å². The van der Waals surface area contributed by atoms with Crippen molar-refractivity contribution in [2.24, 2.45) is 0 Å². The summed E-state index contributed by atoms with van der Waals surface area (Å²) in [6, 6.07) is 11.3. The third kappa shape index (κ3) is 2.85. The molecule has 0 N–H and O–H groups in total. The highest BCUT2D eigenvalue weighted by Crippen LogP contribution is 2.34. The summed E-state index contributed by atoms with van der Waals surface area (Å²) in [5.41, 5.74) is 1.85. The lowest BCUT2D eigenvalue weighted by molar-refractivity contribution is -0.137.